The Balaban J connectivity index is 1.40. The molecule has 1 aliphatic heterocycles. The number of fused-ring (bicyclic) bond motifs is 1. The summed E-state index contributed by atoms with van der Waals surface area (Å²) in [7, 11) is 1.60. The van der Waals surface area contributed by atoms with Gasteiger partial charge in [0, 0.05) is 48.9 Å². The number of carbonyl (C=O) groups is 1. The van der Waals surface area contributed by atoms with Crippen LogP contribution in [-0.2, 0) is 6.42 Å². The molecule has 0 bridgehead atoms. The Bertz CT molecular complexity index is 1040. The van der Waals surface area contributed by atoms with E-state index in [1.54, 1.807) is 43.0 Å². The molecule has 150 valence electrons. The molecule has 0 radical (unpaired) electrons. The van der Waals surface area contributed by atoms with Gasteiger partial charge in [-0.3, -0.25) is 4.79 Å². The molecule has 1 aliphatic rings. The molecule has 0 spiro atoms. The molecule has 0 amide bonds. The van der Waals surface area contributed by atoms with Crippen LogP contribution in [0.5, 0.6) is 5.75 Å². The van der Waals surface area contributed by atoms with E-state index in [2.05, 4.69) is 32.8 Å². The molecule has 2 aromatic heterocycles. The first-order valence-corrected chi connectivity index (χ1v) is 10.6. The number of carbonyl (C=O) groups excluding carboxylic acids is 1. The van der Waals surface area contributed by atoms with Gasteiger partial charge in [-0.05, 0) is 24.6 Å². The van der Waals surface area contributed by atoms with Gasteiger partial charge in [0.2, 0.25) is 0 Å². The standard InChI is InChI=1S/C22H24N4O2S/c1-3-18-14-19-21(23-15-24-22(19)29-18)26-11-9-25(10-12-26)8-7-20(27)16-5-4-6-17(13-16)28-2/h4-8,13-15H,3,9-12H2,1-2H3. The molecule has 29 heavy (non-hydrogen) atoms. The summed E-state index contributed by atoms with van der Waals surface area (Å²) in [5, 5.41) is 1.14. The number of anilines is 1. The molecule has 0 unspecified atom stereocenters. The van der Waals surface area contributed by atoms with Gasteiger partial charge in [0.05, 0.1) is 12.5 Å². The Hall–Kier alpha value is -2.93. The Morgan fingerprint density at radius 2 is 2.03 bits per heavy atom. The molecular formula is C22H24N4O2S. The molecule has 3 aromatic rings. The number of nitrogens with zero attached hydrogens (tertiary/aromatic N) is 4. The second-order valence-electron chi connectivity index (χ2n) is 6.92. The Labute approximate surface area is 174 Å². The van der Waals surface area contributed by atoms with E-state index in [9.17, 15) is 4.79 Å². The monoisotopic (exact) mass is 408 g/mol. The lowest BCUT2D eigenvalue weighted by atomic mass is 10.1. The molecule has 1 fully saturated rings. The minimum atomic E-state index is -0.0193. The molecule has 3 heterocycles. The van der Waals surface area contributed by atoms with Crippen LogP contribution >= 0.6 is 11.3 Å². The van der Waals surface area contributed by atoms with Crippen LogP contribution < -0.4 is 9.64 Å². The van der Waals surface area contributed by atoms with Gasteiger partial charge in [0.15, 0.2) is 5.78 Å². The zero-order valence-corrected chi connectivity index (χ0v) is 17.5. The minimum absolute atomic E-state index is 0.0193. The van der Waals surface area contributed by atoms with Gasteiger partial charge >= 0.3 is 0 Å². The first-order valence-electron chi connectivity index (χ1n) is 9.77. The highest BCUT2D eigenvalue weighted by Crippen LogP contribution is 2.30. The Morgan fingerprint density at radius 1 is 1.21 bits per heavy atom. The number of piperazine rings is 1. The van der Waals surface area contributed by atoms with E-state index in [1.807, 2.05) is 18.3 Å². The van der Waals surface area contributed by atoms with Gasteiger partial charge in [-0.15, -0.1) is 11.3 Å². The van der Waals surface area contributed by atoms with E-state index in [1.165, 1.54) is 4.88 Å². The third kappa shape index (κ3) is 4.24. The zero-order chi connectivity index (χ0) is 20.2. The maximum Gasteiger partial charge on any atom is 0.187 e. The summed E-state index contributed by atoms with van der Waals surface area (Å²) in [6, 6.07) is 9.44. The van der Waals surface area contributed by atoms with Gasteiger partial charge in [-0.25, -0.2) is 9.97 Å². The van der Waals surface area contributed by atoms with Crippen molar-refractivity contribution >= 4 is 33.2 Å². The summed E-state index contributed by atoms with van der Waals surface area (Å²) in [6.07, 6.45) is 6.21. The fourth-order valence-electron chi connectivity index (χ4n) is 3.45. The molecule has 0 N–H and O–H groups in total. The van der Waals surface area contributed by atoms with Crippen molar-refractivity contribution in [2.24, 2.45) is 0 Å². The van der Waals surface area contributed by atoms with E-state index < -0.39 is 0 Å². The summed E-state index contributed by atoms with van der Waals surface area (Å²) < 4.78 is 5.19. The Kier molecular flexibility index (Phi) is 5.76. The number of thiophene rings is 1. The molecule has 1 aromatic carbocycles. The molecule has 4 rings (SSSR count). The van der Waals surface area contributed by atoms with Crippen LogP contribution in [0.1, 0.15) is 22.2 Å². The van der Waals surface area contributed by atoms with Gasteiger partial charge in [-0.1, -0.05) is 19.1 Å². The van der Waals surface area contributed by atoms with E-state index >= 15 is 0 Å². The lowest BCUT2D eigenvalue weighted by Gasteiger charge is -2.35. The second-order valence-corrected chi connectivity index (χ2v) is 8.03. The third-order valence-electron chi connectivity index (χ3n) is 5.11. The number of ketones is 1. The topological polar surface area (TPSA) is 58.6 Å². The first kappa shape index (κ1) is 19.4. The van der Waals surface area contributed by atoms with Crippen molar-refractivity contribution in [3.63, 3.8) is 0 Å². The molecular weight excluding hydrogens is 384 g/mol. The van der Waals surface area contributed by atoms with Crippen molar-refractivity contribution in [2.45, 2.75) is 13.3 Å². The number of aromatic nitrogens is 2. The number of allylic oxidation sites excluding steroid dienone is 1. The average Bonchev–Trinajstić information content (AvgIpc) is 3.21. The van der Waals surface area contributed by atoms with E-state index in [0.29, 0.717) is 11.3 Å². The van der Waals surface area contributed by atoms with Gasteiger partial charge in [0.1, 0.15) is 22.7 Å². The normalized spacial score (nSPS) is 14.7. The minimum Gasteiger partial charge on any atom is -0.497 e. The number of hydrogen-bond donors (Lipinski definition) is 0. The predicted octanol–water partition coefficient (Wildman–Crippen LogP) is 3.78. The quantitative estimate of drug-likeness (QED) is 0.457. The molecule has 0 atom stereocenters. The van der Waals surface area contributed by atoms with Crippen LogP contribution in [0.4, 0.5) is 5.82 Å². The van der Waals surface area contributed by atoms with Crippen molar-refractivity contribution in [1.29, 1.82) is 0 Å². The summed E-state index contributed by atoms with van der Waals surface area (Å²) in [5.74, 6) is 1.69. The smallest absolute Gasteiger partial charge is 0.187 e. The van der Waals surface area contributed by atoms with Crippen LogP contribution in [-0.4, -0.2) is 53.9 Å². The van der Waals surface area contributed by atoms with E-state index in [4.69, 9.17) is 4.74 Å². The number of benzene rings is 1. The van der Waals surface area contributed by atoms with Crippen molar-refractivity contribution in [3.05, 3.63) is 59.4 Å². The fraction of sp³-hybridized carbons (Fsp3) is 0.318. The fourth-order valence-corrected chi connectivity index (χ4v) is 4.38. The van der Waals surface area contributed by atoms with Gasteiger partial charge in [0.25, 0.3) is 0 Å². The van der Waals surface area contributed by atoms with Gasteiger partial charge in [-0.2, -0.15) is 0 Å². The molecule has 1 saturated heterocycles. The number of ether oxygens (including phenoxy) is 1. The van der Waals surface area contributed by atoms with E-state index in [-0.39, 0.29) is 5.78 Å². The lowest BCUT2D eigenvalue weighted by Crippen LogP contribution is -2.44. The predicted molar refractivity (Wildman–Crippen MR) is 117 cm³/mol. The summed E-state index contributed by atoms with van der Waals surface area (Å²) in [5.41, 5.74) is 0.631. The number of rotatable bonds is 6. The average molecular weight is 409 g/mol. The first-order chi connectivity index (χ1) is 14.2. The highest BCUT2D eigenvalue weighted by molar-refractivity contribution is 7.18. The SMILES string of the molecule is CCc1cc2c(N3CCN(C=CC(=O)c4cccc(OC)c4)CC3)ncnc2s1. The Morgan fingerprint density at radius 3 is 2.79 bits per heavy atom. The maximum absolute atomic E-state index is 12.4. The third-order valence-corrected chi connectivity index (χ3v) is 6.30. The highest BCUT2D eigenvalue weighted by atomic mass is 32.1. The van der Waals surface area contributed by atoms with E-state index in [0.717, 1.165) is 48.6 Å². The number of methoxy groups -OCH3 is 1. The summed E-state index contributed by atoms with van der Waals surface area (Å²) >= 11 is 1.74. The molecule has 0 aliphatic carbocycles. The van der Waals surface area contributed by atoms with Crippen molar-refractivity contribution < 1.29 is 9.53 Å². The van der Waals surface area contributed by atoms with Crippen molar-refractivity contribution in [3.8, 4) is 5.75 Å². The van der Waals surface area contributed by atoms with Crippen LogP contribution in [0, 0.1) is 0 Å². The lowest BCUT2D eigenvalue weighted by molar-refractivity contribution is 0.104. The van der Waals surface area contributed by atoms with Crippen LogP contribution in [0.2, 0.25) is 0 Å². The zero-order valence-electron chi connectivity index (χ0n) is 16.7. The molecule has 7 heteroatoms. The summed E-state index contributed by atoms with van der Waals surface area (Å²) in [4.78, 5) is 28.3. The number of aryl methyl sites for hydroxylation is 1. The maximum atomic E-state index is 12.4. The van der Waals surface area contributed by atoms with Crippen LogP contribution in [0.15, 0.2) is 48.9 Å². The highest BCUT2D eigenvalue weighted by Gasteiger charge is 2.19. The van der Waals surface area contributed by atoms with Crippen LogP contribution in [0.25, 0.3) is 10.2 Å². The van der Waals surface area contributed by atoms with Crippen molar-refractivity contribution in [1.82, 2.24) is 14.9 Å². The summed E-state index contributed by atoms with van der Waals surface area (Å²) in [6.45, 7) is 5.58. The second kappa shape index (κ2) is 8.61. The van der Waals surface area contributed by atoms with Gasteiger partial charge < -0.3 is 14.5 Å². The van der Waals surface area contributed by atoms with Crippen molar-refractivity contribution in [2.75, 3.05) is 38.2 Å². The number of hydrogen-bond acceptors (Lipinski definition) is 7. The molecule has 6 nitrogen and oxygen atoms in total. The van der Waals surface area contributed by atoms with Crippen LogP contribution in [0.3, 0.4) is 0 Å². The molecule has 0 saturated carbocycles. The largest absolute Gasteiger partial charge is 0.497 e.